The van der Waals surface area contributed by atoms with E-state index in [4.69, 9.17) is 16.0 Å². The lowest BCUT2D eigenvalue weighted by atomic mass is 9.96. The molecule has 1 heterocycles. The minimum Gasteiger partial charge on any atom is -0.416 e. The van der Waals surface area contributed by atoms with Gasteiger partial charge in [-0.1, -0.05) is 57.5 Å². The summed E-state index contributed by atoms with van der Waals surface area (Å²) in [6, 6.07) is 8.24. The lowest BCUT2D eigenvalue weighted by Gasteiger charge is -2.37. The van der Waals surface area contributed by atoms with Crippen LogP contribution in [0.4, 0.5) is 0 Å². The van der Waals surface area contributed by atoms with Crippen LogP contribution in [0.15, 0.2) is 28.9 Å². The van der Waals surface area contributed by atoms with Gasteiger partial charge in [0.15, 0.2) is 8.32 Å². The summed E-state index contributed by atoms with van der Waals surface area (Å²) in [5.41, 5.74) is 1.26. The maximum atomic E-state index is 6.40. The number of benzene rings is 1. The molecule has 0 bridgehead atoms. The quantitative estimate of drug-likeness (QED) is 0.406. The van der Waals surface area contributed by atoms with E-state index in [9.17, 15) is 0 Å². The van der Waals surface area contributed by atoms with E-state index in [0.29, 0.717) is 11.1 Å². The van der Waals surface area contributed by atoms with Crippen molar-refractivity contribution in [1.82, 2.24) is 4.98 Å². The third kappa shape index (κ3) is 4.16. The fraction of sp³-hybridized carbons (Fsp3) is 0.500. The first-order valence-corrected chi connectivity index (χ1v) is 12.0. The Morgan fingerprint density at radius 3 is 2.52 bits per heavy atom. The molecule has 0 saturated carbocycles. The summed E-state index contributed by atoms with van der Waals surface area (Å²) in [7, 11) is -1.74. The Morgan fingerprint density at radius 1 is 1.26 bits per heavy atom. The van der Waals surface area contributed by atoms with Crippen LogP contribution in [0.1, 0.15) is 39.2 Å². The van der Waals surface area contributed by atoms with Gasteiger partial charge in [0.2, 0.25) is 0 Å². The molecule has 2 aromatic rings. The van der Waals surface area contributed by atoms with Crippen LogP contribution in [0.3, 0.4) is 0 Å². The zero-order chi connectivity index (χ0) is 17.4. The smallest absolute Gasteiger partial charge is 0.192 e. The highest BCUT2D eigenvalue weighted by atomic mass is 79.9. The number of hydrogen-bond donors (Lipinski definition) is 0. The molecule has 0 spiro atoms. The fourth-order valence-electron chi connectivity index (χ4n) is 2.30. The minimum atomic E-state index is -1.74. The predicted molar refractivity (Wildman–Crippen MR) is 106 cm³/mol. The van der Waals surface area contributed by atoms with Crippen LogP contribution >= 0.6 is 27.5 Å². The van der Waals surface area contributed by atoms with Crippen molar-refractivity contribution >= 4 is 46.6 Å². The van der Waals surface area contributed by atoms with Crippen LogP contribution in [0.2, 0.25) is 23.3 Å². The van der Waals surface area contributed by atoms with Gasteiger partial charge in [0.1, 0.15) is 9.76 Å². The topological polar surface area (TPSA) is 22.1 Å². The molecule has 1 aromatic heterocycles. The monoisotopic (exact) mass is 413 g/mol. The van der Waals surface area contributed by atoms with Gasteiger partial charge in [-0.3, -0.25) is 0 Å². The average molecular weight is 415 g/mol. The number of pyridine rings is 1. The van der Waals surface area contributed by atoms with Gasteiger partial charge in [-0.25, -0.2) is 4.98 Å². The Kier molecular flexibility index (Phi) is 5.61. The summed E-state index contributed by atoms with van der Waals surface area (Å²) in [6.07, 6.45) is 0. The number of aromatic nitrogens is 1. The van der Waals surface area contributed by atoms with Crippen LogP contribution in [-0.2, 0) is 4.43 Å². The summed E-state index contributed by atoms with van der Waals surface area (Å²) >= 11 is 9.65. The van der Waals surface area contributed by atoms with E-state index in [-0.39, 0.29) is 5.04 Å². The normalized spacial score (nSPS) is 14.3. The minimum absolute atomic E-state index is 0.224. The molecule has 2 rings (SSSR count). The average Bonchev–Trinajstić information content (AvgIpc) is 2.43. The van der Waals surface area contributed by atoms with Crippen molar-refractivity contribution in [2.24, 2.45) is 0 Å². The summed E-state index contributed by atoms with van der Waals surface area (Å²) in [5, 5.41) is 2.97. The zero-order valence-corrected chi connectivity index (χ0v) is 18.0. The molecular weight excluding hydrogens is 390 g/mol. The second kappa shape index (κ2) is 6.83. The molecule has 0 aliphatic carbocycles. The zero-order valence-electron chi connectivity index (χ0n) is 14.7. The highest BCUT2D eigenvalue weighted by molar-refractivity contribution is 9.10. The van der Waals surface area contributed by atoms with E-state index < -0.39 is 8.32 Å². The van der Waals surface area contributed by atoms with Crippen molar-refractivity contribution in [3.05, 3.63) is 39.6 Å². The second-order valence-electron chi connectivity index (χ2n) is 7.65. The van der Waals surface area contributed by atoms with Crippen LogP contribution in [0, 0.1) is 0 Å². The highest BCUT2D eigenvalue weighted by Gasteiger charge is 2.37. The highest BCUT2D eigenvalue weighted by Crippen LogP contribution is 2.38. The van der Waals surface area contributed by atoms with Crippen molar-refractivity contribution in [2.75, 3.05) is 6.61 Å². The van der Waals surface area contributed by atoms with Gasteiger partial charge in [0, 0.05) is 17.9 Å². The Morgan fingerprint density at radius 2 is 1.91 bits per heavy atom. The van der Waals surface area contributed by atoms with Crippen molar-refractivity contribution in [1.29, 1.82) is 0 Å². The third-order valence-electron chi connectivity index (χ3n) is 4.86. The van der Waals surface area contributed by atoms with E-state index in [1.165, 1.54) is 5.56 Å². The first-order valence-electron chi connectivity index (χ1n) is 7.91. The lowest BCUT2D eigenvalue weighted by molar-refractivity contribution is 0.269. The Bertz CT molecular complexity index is 712. The van der Waals surface area contributed by atoms with Gasteiger partial charge in [0.05, 0.1) is 0 Å². The maximum absolute atomic E-state index is 6.40. The summed E-state index contributed by atoms with van der Waals surface area (Å²) in [5.74, 6) is 0.304. The Balaban J connectivity index is 2.30. The standard InChI is InChI=1S/C18H25BrClNOSi/c1-12(11-22-23(5,6)18(2,3)4)13-8-7-9-14-15(13)10-16(20)21-17(14)19/h7-10,12H,11H2,1-6H3. The van der Waals surface area contributed by atoms with Crippen molar-refractivity contribution < 1.29 is 4.43 Å². The lowest BCUT2D eigenvalue weighted by Crippen LogP contribution is -2.41. The molecule has 126 valence electrons. The van der Waals surface area contributed by atoms with E-state index in [2.05, 4.69) is 79.9 Å². The second-order valence-corrected chi connectivity index (χ2v) is 13.6. The summed E-state index contributed by atoms with van der Waals surface area (Å²) in [6.45, 7) is 14.3. The van der Waals surface area contributed by atoms with Crippen molar-refractivity contribution in [3.63, 3.8) is 0 Å². The van der Waals surface area contributed by atoms with E-state index >= 15 is 0 Å². The molecule has 0 N–H and O–H groups in total. The predicted octanol–water partition coefficient (Wildman–Crippen LogP) is 6.78. The van der Waals surface area contributed by atoms with Gasteiger partial charge in [-0.15, -0.1) is 0 Å². The number of nitrogens with zero attached hydrogens (tertiary/aromatic N) is 1. The largest absolute Gasteiger partial charge is 0.416 e. The van der Waals surface area contributed by atoms with Gasteiger partial charge in [-0.2, -0.15) is 0 Å². The van der Waals surface area contributed by atoms with Crippen LogP contribution in [0.25, 0.3) is 10.8 Å². The molecule has 0 aliphatic rings. The molecule has 0 aliphatic heterocycles. The molecule has 23 heavy (non-hydrogen) atoms. The van der Waals surface area contributed by atoms with Crippen molar-refractivity contribution in [2.45, 2.75) is 51.7 Å². The molecule has 1 unspecified atom stereocenters. The van der Waals surface area contributed by atoms with E-state index in [0.717, 1.165) is 22.0 Å². The number of halogens is 2. The number of hydrogen-bond acceptors (Lipinski definition) is 2. The molecule has 5 heteroatoms. The van der Waals surface area contributed by atoms with Crippen molar-refractivity contribution in [3.8, 4) is 0 Å². The van der Waals surface area contributed by atoms with Crippen LogP contribution in [0.5, 0.6) is 0 Å². The summed E-state index contributed by atoms with van der Waals surface area (Å²) in [4.78, 5) is 4.28. The maximum Gasteiger partial charge on any atom is 0.192 e. The van der Waals surface area contributed by atoms with Gasteiger partial charge < -0.3 is 4.43 Å². The molecule has 2 nitrogen and oxygen atoms in total. The molecule has 0 saturated heterocycles. The Hall–Kier alpha value is -0.423. The molecule has 1 atom stereocenters. The van der Waals surface area contributed by atoms with E-state index in [1.807, 2.05) is 6.07 Å². The van der Waals surface area contributed by atoms with Crippen LogP contribution in [-0.4, -0.2) is 19.9 Å². The molecule has 1 aromatic carbocycles. The Labute approximate surface area is 153 Å². The van der Waals surface area contributed by atoms with Gasteiger partial charge in [0.25, 0.3) is 0 Å². The molecular formula is C18H25BrClNOSi. The molecule has 0 radical (unpaired) electrons. The van der Waals surface area contributed by atoms with Gasteiger partial charge >= 0.3 is 0 Å². The first kappa shape index (κ1) is 18.9. The van der Waals surface area contributed by atoms with E-state index in [1.54, 1.807) is 0 Å². The number of rotatable bonds is 4. The fourth-order valence-corrected chi connectivity index (χ4v) is 4.23. The number of fused-ring (bicyclic) bond motifs is 1. The first-order chi connectivity index (χ1) is 10.5. The van der Waals surface area contributed by atoms with Gasteiger partial charge in [-0.05, 0) is 51.1 Å². The van der Waals surface area contributed by atoms with Crippen LogP contribution < -0.4 is 0 Å². The third-order valence-corrected chi connectivity index (χ3v) is 10.2. The SMILES string of the molecule is CC(CO[Si](C)(C)C(C)(C)C)c1cccc2c(Br)nc(Cl)cc12. The summed E-state index contributed by atoms with van der Waals surface area (Å²) < 4.78 is 7.19. The molecule has 0 fully saturated rings. The molecule has 0 amide bonds.